The summed E-state index contributed by atoms with van der Waals surface area (Å²) in [5, 5.41) is 1.64. The number of hydrogen-bond donors (Lipinski definition) is 0. The predicted octanol–water partition coefficient (Wildman–Crippen LogP) is 4.47. The molecule has 0 saturated heterocycles. The average molecular weight is 441 g/mol. The molecule has 0 bridgehead atoms. The van der Waals surface area contributed by atoms with E-state index in [1.807, 2.05) is 51.0 Å². The van der Waals surface area contributed by atoms with Crippen LogP contribution in [-0.2, 0) is 11.3 Å². The maximum atomic E-state index is 12.9. The van der Waals surface area contributed by atoms with E-state index >= 15 is 0 Å². The second kappa shape index (κ2) is 11.0. The van der Waals surface area contributed by atoms with E-state index in [0.29, 0.717) is 34.0 Å². The highest BCUT2D eigenvalue weighted by Gasteiger charge is 2.16. The van der Waals surface area contributed by atoms with Gasteiger partial charge in [0.2, 0.25) is 5.91 Å². The van der Waals surface area contributed by atoms with Gasteiger partial charge in [-0.2, -0.15) is 0 Å². The number of aromatic nitrogens is 2. The highest BCUT2D eigenvalue weighted by atomic mass is 35.5. The van der Waals surface area contributed by atoms with Crippen LogP contribution in [0.25, 0.3) is 0 Å². The molecule has 0 fully saturated rings. The summed E-state index contributed by atoms with van der Waals surface area (Å²) in [7, 11) is 4.05. The molecule has 0 atom stereocenters. The molecular weight excluding hydrogens is 415 g/mol. The van der Waals surface area contributed by atoms with Crippen molar-refractivity contribution < 1.29 is 4.79 Å². The number of nitrogens with zero attached hydrogens (tertiary/aromatic N) is 4. The Morgan fingerprint density at radius 2 is 1.71 bits per heavy atom. The number of carbonyl (C=O) groups excluding carboxylic acids is 1. The molecule has 5 nitrogen and oxygen atoms in total. The Morgan fingerprint density at radius 3 is 2.32 bits per heavy atom. The lowest BCUT2D eigenvalue weighted by atomic mass is 10.2. The molecule has 1 aromatic heterocycles. The van der Waals surface area contributed by atoms with Gasteiger partial charge in [0.15, 0.2) is 5.16 Å². The molecule has 28 heavy (non-hydrogen) atoms. The van der Waals surface area contributed by atoms with E-state index in [2.05, 4.69) is 14.9 Å². The van der Waals surface area contributed by atoms with Crippen molar-refractivity contribution in [3.8, 4) is 0 Å². The minimum atomic E-state index is 0.0533. The third-order valence-corrected chi connectivity index (χ3v) is 5.60. The van der Waals surface area contributed by atoms with Crippen molar-refractivity contribution in [2.45, 2.75) is 32.0 Å². The quantitative estimate of drug-likeness (QED) is 0.425. The van der Waals surface area contributed by atoms with E-state index in [0.717, 1.165) is 29.9 Å². The second-order valence-electron chi connectivity index (χ2n) is 6.94. The van der Waals surface area contributed by atoms with Crippen LogP contribution in [-0.4, -0.2) is 58.6 Å². The maximum absolute atomic E-state index is 12.9. The van der Waals surface area contributed by atoms with Crippen molar-refractivity contribution in [2.24, 2.45) is 0 Å². The summed E-state index contributed by atoms with van der Waals surface area (Å²) in [5.74, 6) is 0.351. The van der Waals surface area contributed by atoms with Crippen LogP contribution < -0.4 is 0 Å². The number of carbonyl (C=O) groups is 1. The lowest BCUT2D eigenvalue weighted by molar-refractivity contribution is -0.129. The smallest absolute Gasteiger partial charge is 0.233 e. The third kappa shape index (κ3) is 7.59. The van der Waals surface area contributed by atoms with Gasteiger partial charge >= 0.3 is 0 Å². The number of aryl methyl sites for hydroxylation is 2. The first kappa shape index (κ1) is 22.9. The second-order valence-corrected chi connectivity index (χ2v) is 8.70. The number of halogens is 2. The normalized spacial score (nSPS) is 11.1. The zero-order chi connectivity index (χ0) is 20.7. The molecule has 0 aliphatic heterocycles. The fourth-order valence-corrected chi connectivity index (χ4v) is 3.88. The maximum Gasteiger partial charge on any atom is 0.233 e. The Kier molecular flexibility index (Phi) is 9.02. The summed E-state index contributed by atoms with van der Waals surface area (Å²) in [5.41, 5.74) is 2.77. The molecule has 1 aromatic carbocycles. The highest BCUT2D eigenvalue weighted by Crippen LogP contribution is 2.24. The van der Waals surface area contributed by atoms with E-state index in [4.69, 9.17) is 23.2 Å². The van der Waals surface area contributed by atoms with Crippen molar-refractivity contribution in [3.05, 3.63) is 51.3 Å². The fraction of sp³-hybridized carbons (Fsp3) is 0.450. The number of thioether (sulfide) groups is 1. The van der Waals surface area contributed by atoms with Crippen molar-refractivity contribution in [1.82, 2.24) is 19.8 Å². The molecule has 0 saturated carbocycles. The average Bonchev–Trinajstić information content (AvgIpc) is 2.61. The third-order valence-electron chi connectivity index (χ3n) is 4.03. The molecular formula is C20H26Cl2N4OS. The van der Waals surface area contributed by atoms with Gasteiger partial charge in [0, 0.05) is 24.5 Å². The summed E-state index contributed by atoms with van der Waals surface area (Å²) in [6, 6.07) is 7.40. The Hall–Kier alpha value is -1.34. The molecule has 0 N–H and O–H groups in total. The minimum absolute atomic E-state index is 0.0533. The monoisotopic (exact) mass is 440 g/mol. The summed E-state index contributed by atoms with van der Waals surface area (Å²) in [4.78, 5) is 25.7. The number of hydrogen-bond acceptors (Lipinski definition) is 5. The zero-order valence-corrected chi connectivity index (χ0v) is 19.0. The number of amides is 1. The van der Waals surface area contributed by atoms with Crippen LogP contribution in [0.4, 0.5) is 0 Å². The zero-order valence-electron chi connectivity index (χ0n) is 16.7. The van der Waals surface area contributed by atoms with E-state index in [1.54, 1.807) is 6.07 Å². The first-order valence-electron chi connectivity index (χ1n) is 9.06. The summed E-state index contributed by atoms with van der Waals surface area (Å²) in [6.45, 7) is 5.94. The van der Waals surface area contributed by atoms with E-state index in [1.165, 1.54) is 11.8 Å². The highest BCUT2D eigenvalue weighted by molar-refractivity contribution is 7.99. The van der Waals surface area contributed by atoms with Crippen molar-refractivity contribution in [2.75, 3.05) is 32.9 Å². The predicted molar refractivity (Wildman–Crippen MR) is 117 cm³/mol. The molecule has 0 aliphatic carbocycles. The molecule has 8 heteroatoms. The molecule has 0 unspecified atom stereocenters. The van der Waals surface area contributed by atoms with Crippen LogP contribution in [0.1, 0.15) is 23.4 Å². The van der Waals surface area contributed by atoms with E-state index in [9.17, 15) is 4.79 Å². The minimum Gasteiger partial charge on any atom is -0.338 e. The standard InChI is InChI=1S/C20H26Cl2N4OS/c1-14-10-15(2)24-20(23-14)28-13-19(27)26(9-5-8-25(3)4)12-16-6-7-17(21)18(22)11-16/h6-7,10-11H,5,8-9,12-13H2,1-4H3. The summed E-state index contributed by atoms with van der Waals surface area (Å²) in [6.07, 6.45) is 0.894. The van der Waals surface area contributed by atoms with Crippen LogP contribution in [0.15, 0.2) is 29.4 Å². The first-order valence-corrected chi connectivity index (χ1v) is 10.8. The SMILES string of the molecule is Cc1cc(C)nc(SCC(=O)N(CCCN(C)C)Cc2ccc(Cl)c(Cl)c2)n1. The summed E-state index contributed by atoms with van der Waals surface area (Å²) >= 11 is 13.5. The van der Waals surface area contributed by atoms with Gasteiger partial charge in [-0.15, -0.1) is 0 Å². The van der Waals surface area contributed by atoms with Crippen LogP contribution in [0.3, 0.4) is 0 Å². The lowest BCUT2D eigenvalue weighted by Crippen LogP contribution is -2.34. The number of benzene rings is 1. The molecule has 152 valence electrons. The van der Waals surface area contributed by atoms with E-state index < -0.39 is 0 Å². The van der Waals surface area contributed by atoms with Gasteiger partial charge in [-0.3, -0.25) is 4.79 Å². The Morgan fingerprint density at radius 1 is 1.04 bits per heavy atom. The van der Waals surface area contributed by atoms with Crippen molar-refractivity contribution in [1.29, 1.82) is 0 Å². The topological polar surface area (TPSA) is 49.3 Å². The van der Waals surface area contributed by atoms with Crippen molar-refractivity contribution >= 4 is 40.9 Å². The molecule has 1 heterocycles. The van der Waals surface area contributed by atoms with Crippen molar-refractivity contribution in [3.63, 3.8) is 0 Å². The molecule has 2 rings (SSSR count). The van der Waals surface area contributed by atoms with Gasteiger partial charge in [-0.25, -0.2) is 9.97 Å². The number of rotatable bonds is 9. The molecule has 0 aliphatic rings. The summed E-state index contributed by atoms with van der Waals surface area (Å²) < 4.78 is 0. The lowest BCUT2D eigenvalue weighted by Gasteiger charge is -2.24. The van der Waals surface area contributed by atoms with Gasteiger partial charge in [0.1, 0.15) is 0 Å². The fourth-order valence-electron chi connectivity index (χ4n) is 2.70. The van der Waals surface area contributed by atoms with Gasteiger partial charge in [-0.05, 0) is 64.7 Å². The van der Waals surface area contributed by atoms with Crippen LogP contribution in [0.5, 0.6) is 0 Å². The Bertz CT molecular complexity index is 797. The van der Waals surface area contributed by atoms with Crippen LogP contribution in [0.2, 0.25) is 10.0 Å². The van der Waals surface area contributed by atoms with Crippen LogP contribution in [0, 0.1) is 13.8 Å². The van der Waals surface area contributed by atoms with Gasteiger partial charge in [0.25, 0.3) is 0 Å². The largest absolute Gasteiger partial charge is 0.338 e. The van der Waals surface area contributed by atoms with Gasteiger partial charge in [-0.1, -0.05) is 41.0 Å². The molecule has 0 spiro atoms. The molecule has 0 radical (unpaired) electrons. The first-order chi connectivity index (χ1) is 13.2. The Balaban J connectivity index is 2.05. The van der Waals surface area contributed by atoms with Crippen LogP contribution >= 0.6 is 35.0 Å². The van der Waals surface area contributed by atoms with Gasteiger partial charge in [0.05, 0.1) is 15.8 Å². The van der Waals surface area contributed by atoms with E-state index in [-0.39, 0.29) is 5.91 Å². The molecule has 2 aromatic rings. The molecule has 1 amide bonds. The Labute approximate surface area is 181 Å². The van der Waals surface area contributed by atoms with Gasteiger partial charge < -0.3 is 9.80 Å².